The maximum absolute atomic E-state index is 14.4. The molecule has 2 saturated heterocycles. The fourth-order valence-corrected chi connectivity index (χ4v) is 8.55. The van der Waals surface area contributed by atoms with Crippen molar-refractivity contribution >= 4 is 51.1 Å². The normalized spacial score (nSPS) is 18.4. The van der Waals surface area contributed by atoms with Crippen molar-refractivity contribution in [1.29, 1.82) is 0 Å². The Morgan fingerprint density at radius 3 is 2.34 bits per heavy atom. The monoisotopic (exact) mass is 876 g/mol. The number of methoxy groups -OCH3 is 2. The van der Waals surface area contributed by atoms with E-state index < -0.39 is 82.1 Å². The molecule has 0 aromatic heterocycles. The van der Waals surface area contributed by atoms with E-state index in [-0.39, 0.29) is 17.4 Å². The first kappa shape index (κ1) is 47.3. The molecule has 2 unspecified atom stereocenters. The number of amides is 3. The molecule has 3 amide bonds. The maximum atomic E-state index is 14.4. The highest BCUT2D eigenvalue weighted by Crippen LogP contribution is 2.37. The third-order valence-corrected chi connectivity index (χ3v) is 12.6. The van der Waals surface area contributed by atoms with Crippen molar-refractivity contribution in [2.45, 2.75) is 109 Å². The molecule has 1 N–H and O–H groups in total. The number of nitrogens with zero attached hydrogens (tertiary/aromatic N) is 2. The average molecular weight is 877 g/mol. The fraction of sp³-hybridized carbons (Fsp3) is 0.457. The van der Waals surface area contributed by atoms with Crippen molar-refractivity contribution in [3.8, 4) is 17.2 Å². The first-order chi connectivity index (χ1) is 29.4. The van der Waals surface area contributed by atoms with E-state index in [2.05, 4.69) is 11.9 Å². The number of benzene rings is 3. The summed E-state index contributed by atoms with van der Waals surface area (Å²) in [5, 5.41) is -1.50. The van der Waals surface area contributed by atoms with Crippen LogP contribution in [-0.2, 0) is 54.6 Å². The van der Waals surface area contributed by atoms with Crippen molar-refractivity contribution in [3.63, 3.8) is 0 Å². The molecule has 5 atom stereocenters. The smallest absolute Gasteiger partial charge is 0.333 e. The summed E-state index contributed by atoms with van der Waals surface area (Å²) in [7, 11) is -0.778. The van der Waals surface area contributed by atoms with Crippen molar-refractivity contribution in [2.75, 3.05) is 27.4 Å². The summed E-state index contributed by atoms with van der Waals surface area (Å²) in [6, 6.07) is 16.0. The average Bonchev–Trinajstić information content (AvgIpc) is 3.53. The first-order valence-electron chi connectivity index (χ1n) is 20.7. The van der Waals surface area contributed by atoms with Gasteiger partial charge in [-0.1, -0.05) is 43.3 Å². The minimum atomic E-state index is -3.89. The van der Waals surface area contributed by atoms with Crippen LogP contribution in [0.2, 0.25) is 0 Å². The zero-order chi connectivity index (χ0) is 45.3. The van der Waals surface area contributed by atoms with E-state index >= 15 is 0 Å². The summed E-state index contributed by atoms with van der Waals surface area (Å²) in [6.45, 7) is 7.88. The predicted octanol–water partition coefficient (Wildman–Crippen LogP) is 5.92. The number of Topliss-reactive ketones (excluding diaryl/α,β-unsaturated/α-hetero) is 1. The summed E-state index contributed by atoms with van der Waals surface area (Å²) in [5.41, 5.74) is 5.56. The molecular weight excluding hydrogens is 821 g/mol. The van der Waals surface area contributed by atoms with Gasteiger partial charge in [0, 0.05) is 13.0 Å². The minimum Gasteiger partial charge on any atom is -0.493 e. The van der Waals surface area contributed by atoms with Gasteiger partial charge >= 0.3 is 11.9 Å². The van der Waals surface area contributed by atoms with Crippen LogP contribution in [0.1, 0.15) is 104 Å². The number of carbonyl (C=O) groups excluding carboxylic acids is 6. The zero-order valence-corrected chi connectivity index (χ0v) is 37.0. The Balaban J connectivity index is 1.28. The number of esters is 1. The van der Waals surface area contributed by atoms with Gasteiger partial charge in [0.1, 0.15) is 29.8 Å². The molecule has 5 rings (SSSR count). The number of hydrogen-bond acceptors (Lipinski definition) is 12. The van der Waals surface area contributed by atoms with E-state index in [1.54, 1.807) is 43.4 Å². The first-order valence-corrected chi connectivity index (χ1v) is 22.4. The number of likely N-dealkylation sites (tertiary alicyclic amines) is 1. The van der Waals surface area contributed by atoms with Crippen molar-refractivity contribution in [3.05, 3.63) is 88.0 Å². The van der Waals surface area contributed by atoms with Crippen LogP contribution in [-0.4, -0.2) is 98.7 Å². The molecule has 0 radical (unpaired) electrons. The highest BCUT2D eigenvalue weighted by atomic mass is 32.2. The third-order valence-electron chi connectivity index (χ3n) is 11.3. The van der Waals surface area contributed by atoms with Crippen molar-refractivity contribution in [1.82, 2.24) is 9.96 Å². The van der Waals surface area contributed by atoms with Crippen molar-refractivity contribution < 1.29 is 61.3 Å². The van der Waals surface area contributed by atoms with Crippen LogP contribution in [0.4, 0.5) is 0 Å². The Morgan fingerprint density at radius 1 is 0.919 bits per heavy atom. The molecule has 0 aliphatic carbocycles. The van der Waals surface area contributed by atoms with Crippen LogP contribution in [0.15, 0.2) is 54.6 Å². The van der Waals surface area contributed by atoms with Gasteiger partial charge in [0.15, 0.2) is 17.3 Å². The number of imide groups is 1. The number of carbonyl (C=O) groups is 6. The molecule has 62 heavy (non-hydrogen) atoms. The largest absolute Gasteiger partial charge is 0.493 e. The molecule has 3 aromatic rings. The number of ketones is 1. The van der Waals surface area contributed by atoms with Crippen LogP contribution < -0.4 is 14.2 Å². The molecule has 0 spiro atoms. The van der Waals surface area contributed by atoms with Crippen LogP contribution in [0, 0.1) is 20.8 Å². The summed E-state index contributed by atoms with van der Waals surface area (Å²) >= 11 is 0. The molecule has 334 valence electrons. The second-order valence-corrected chi connectivity index (χ2v) is 17.7. The number of aryl methyl sites for hydroxylation is 4. The predicted molar refractivity (Wildman–Crippen MR) is 230 cm³/mol. The highest BCUT2D eigenvalue weighted by molar-refractivity contribution is 7.96. The lowest BCUT2D eigenvalue weighted by Crippen LogP contribution is -2.50. The Bertz CT molecular complexity index is 2290. The van der Waals surface area contributed by atoms with E-state index in [0.29, 0.717) is 55.0 Å². The van der Waals surface area contributed by atoms with E-state index in [4.69, 9.17) is 23.8 Å². The standard InChI is InChI=1S/C46H56N2O13S/c1-8-36(33-23-30(4)43(58-6)39(25-33)57-5)44(52)47-21-10-9-14-37(47)46(54)60-38(19-17-31-16-15-28(2)29(3)22-31)32-12-11-13-35(24-32)59-27-34(49)18-20-42(51)61-48-41(50)26-40(45(48)53)62(7,55)56/h11-13,15-16,22-25,36-38,40H,7-10,14,17-21,26-27H2,1-6H3,(H,55,56)/t36-,37-,38+,40?/m0/s1. The van der Waals surface area contributed by atoms with Gasteiger partial charge in [-0.05, 0) is 117 Å². The summed E-state index contributed by atoms with van der Waals surface area (Å²) in [4.78, 5) is 84.7. The van der Waals surface area contributed by atoms with Gasteiger partial charge in [-0.15, -0.1) is 5.06 Å². The van der Waals surface area contributed by atoms with Crippen LogP contribution >= 0.6 is 0 Å². The molecule has 3 aromatic carbocycles. The van der Waals surface area contributed by atoms with Gasteiger partial charge in [-0.2, -0.15) is 0 Å². The zero-order valence-electron chi connectivity index (χ0n) is 36.1. The Morgan fingerprint density at radius 2 is 1.68 bits per heavy atom. The van der Waals surface area contributed by atoms with Gasteiger partial charge in [-0.25, -0.2) is 13.8 Å². The summed E-state index contributed by atoms with van der Waals surface area (Å²) < 4.78 is 44.7. The van der Waals surface area contributed by atoms with Gasteiger partial charge in [0.2, 0.25) is 5.91 Å². The van der Waals surface area contributed by atoms with Gasteiger partial charge in [0.05, 0.1) is 42.8 Å². The number of hydrogen-bond donors (Lipinski definition) is 1. The SMILES string of the molecule is C=S(=O)(O)C1CC(=O)N(OC(=O)CCC(=O)COc2cccc([C@@H](CCc3ccc(C)c(C)c3)OC(=O)[C@@H]3CCCCN3C(=O)[C@@H](CC)c3cc(C)c(OC)c(OC)c3)c2)C1=O. The highest BCUT2D eigenvalue weighted by Gasteiger charge is 2.46. The number of ether oxygens (including phenoxy) is 4. The summed E-state index contributed by atoms with van der Waals surface area (Å²) in [5.74, 6) is -0.473. The molecule has 0 bridgehead atoms. The topological polar surface area (TPSA) is 192 Å². The molecule has 2 aliphatic rings. The molecule has 2 aliphatic heterocycles. The Hall–Kier alpha value is -5.74. The molecule has 15 nitrogen and oxygen atoms in total. The van der Waals surface area contributed by atoms with Crippen LogP contribution in [0.3, 0.4) is 0 Å². The Labute approximate surface area is 362 Å². The molecule has 2 heterocycles. The second kappa shape index (κ2) is 20.9. The molecule has 2 fully saturated rings. The van der Waals surface area contributed by atoms with Gasteiger partial charge < -0.3 is 33.2 Å². The Kier molecular flexibility index (Phi) is 15.9. The molecule has 0 saturated carbocycles. The maximum Gasteiger partial charge on any atom is 0.333 e. The van der Waals surface area contributed by atoms with Gasteiger partial charge in [-0.3, -0.25) is 19.2 Å². The molecular formula is C46H56N2O13S. The van der Waals surface area contributed by atoms with Crippen LogP contribution in [0.25, 0.3) is 0 Å². The number of hydroxylamine groups is 2. The van der Waals surface area contributed by atoms with E-state index in [0.717, 1.165) is 40.7 Å². The van der Waals surface area contributed by atoms with Crippen LogP contribution in [0.5, 0.6) is 17.2 Å². The third kappa shape index (κ3) is 11.6. The fourth-order valence-electron chi connectivity index (χ4n) is 7.74. The minimum absolute atomic E-state index is 0.135. The van der Waals surface area contributed by atoms with E-state index in [9.17, 15) is 37.5 Å². The van der Waals surface area contributed by atoms with E-state index in [1.165, 1.54) is 0 Å². The lowest BCUT2D eigenvalue weighted by molar-refractivity contribution is -0.197. The van der Waals surface area contributed by atoms with Gasteiger partial charge in [0.25, 0.3) is 11.8 Å². The second-order valence-electron chi connectivity index (χ2n) is 15.7. The summed E-state index contributed by atoms with van der Waals surface area (Å²) in [6.07, 6.45) is 1.20. The van der Waals surface area contributed by atoms with Crippen molar-refractivity contribution in [2.24, 2.45) is 0 Å². The van der Waals surface area contributed by atoms with E-state index in [1.807, 2.05) is 52.0 Å². The lowest BCUT2D eigenvalue weighted by atomic mass is 9.91. The molecule has 16 heteroatoms. The number of piperidine rings is 1. The number of rotatable bonds is 19. The quantitative estimate of drug-likeness (QED) is 0.0848. The lowest BCUT2D eigenvalue weighted by Gasteiger charge is -2.37.